The monoisotopic (exact) mass is 452 g/mol. The summed E-state index contributed by atoms with van der Waals surface area (Å²) in [5.74, 6) is 0.774. The fourth-order valence-corrected chi connectivity index (χ4v) is 5.44. The maximum atomic E-state index is 13.2. The summed E-state index contributed by atoms with van der Waals surface area (Å²) in [6.07, 6.45) is 2.29. The molecule has 1 aliphatic heterocycles. The van der Waals surface area contributed by atoms with Crippen molar-refractivity contribution in [1.82, 2.24) is 4.31 Å². The average molecular weight is 453 g/mol. The van der Waals surface area contributed by atoms with Gasteiger partial charge in [0.1, 0.15) is 11.5 Å². The third-order valence-electron chi connectivity index (χ3n) is 5.10. The first-order chi connectivity index (χ1) is 14.3. The van der Waals surface area contributed by atoms with Crippen LogP contribution in [0.5, 0.6) is 11.5 Å². The number of rotatable bonds is 7. The van der Waals surface area contributed by atoms with Crippen LogP contribution < -0.4 is 14.8 Å². The minimum absolute atomic E-state index is 0.0467. The Hall–Kier alpha value is -2.29. The molecule has 1 N–H and O–H groups in total. The van der Waals surface area contributed by atoms with Gasteiger partial charge in [-0.1, -0.05) is 18.0 Å². The van der Waals surface area contributed by atoms with Gasteiger partial charge in [-0.25, -0.2) is 8.42 Å². The molecule has 1 fully saturated rings. The molecule has 0 aromatic heterocycles. The zero-order valence-electron chi connectivity index (χ0n) is 16.9. The van der Waals surface area contributed by atoms with Gasteiger partial charge in [-0.3, -0.25) is 4.79 Å². The number of ether oxygens (including phenoxy) is 2. The first-order valence-electron chi connectivity index (χ1n) is 9.64. The van der Waals surface area contributed by atoms with Gasteiger partial charge in [0.15, 0.2) is 0 Å². The van der Waals surface area contributed by atoms with Crippen LogP contribution in [0.25, 0.3) is 0 Å². The Balaban J connectivity index is 1.77. The largest absolute Gasteiger partial charge is 0.497 e. The van der Waals surface area contributed by atoms with Crippen LogP contribution in [0.3, 0.4) is 0 Å². The van der Waals surface area contributed by atoms with Gasteiger partial charge in [0.25, 0.3) is 0 Å². The van der Waals surface area contributed by atoms with Crippen LogP contribution in [-0.2, 0) is 14.8 Å². The Morgan fingerprint density at radius 3 is 2.53 bits per heavy atom. The molecular formula is C21H25ClN2O5S. The van der Waals surface area contributed by atoms with Gasteiger partial charge < -0.3 is 14.8 Å². The number of methoxy groups -OCH3 is 2. The fraction of sp³-hybridized carbons (Fsp3) is 0.381. The number of carbonyl (C=O) groups excluding carboxylic acids is 1. The smallest absolute Gasteiger partial charge is 0.243 e. The van der Waals surface area contributed by atoms with Crippen molar-refractivity contribution in [3.8, 4) is 11.5 Å². The van der Waals surface area contributed by atoms with Crippen molar-refractivity contribution in [1.29, 1.82) is 0 Å². The second kappa shape index (κ2) is 9.68. The van der Waals surface area contributed by atoms with Gasteiger partial charge in [0.2, 0.25) is 15.9 Å². The first kappa shape index (κ1) is 22.4. The van der Waals surface area contributed by atoms with Crippen molar-refractivity contribution in [2.45, 2.75) is 36.6 Å². The molecule has 0 radical (unpaired) electrons. The first-order valence-corrected chi connectivity index (χ1v) is 11.5. The quantitative estimate of drug-likeness (QED) is 0.688. The molecule has 3 rings (SSSR count). The summed E-state index contributed by atoms with van der Waals surface area (Å²) >= 11 is 6.02. The minimum Gasteiger partial charge on any atom is -0.497 e. The number of hydrogen-bond donors (Lipinski definition) is 1. The zero-order valence-corrected chi connectivity index (χ0v) is 18.5. The molecule has 0 spiro atoms. The summed E-state index contributed by atoms with van der Waals surface area (Å²) in [6.45, 7) is 0.382. The van der Waals surface area contributed by atoms with E-state index in [0.717, 1.165) is 12.8 Å². The molecule has 162 valence electrons. The van der Waals surface area contributed by atoms with E-state index in [2.05, 4.69) is 5.32 Å². The van der Waals surface area contributed by atoms with Crippen LogP contribution in [0.4, 0.5) is 5.69 Å². The lowest BCUT2D eigenvalue weighted by Crippen LogP contribution is -2.45. The van der Waals surface area contributed by atoms with Gasteiger partial charge in [0.05, 0.1) is 24.8 Å². The molecule has 9 heteroatoms. The lowest BCUT2D eigenvalue weighted by atomic mass is 10.0. The van der Waals surface area contributed by atoms with E-state index < -0.39 is 16.1 Å². The molecule has 1 atom stereocenters. The highest BCUT2D eigenvalue weighted by Gasteiger charge is 2.34. The standard InChI is InChI=1S/C21H25ClN2O5S/c1-28-17-7-9-18(10-8-17)30(26,27)24-12-4-3-5-16(24)14-21(25)23-19-13-15(22)6-11-20(19)29-2/h6-11,13,16H,3-5,12,14H2,1-2H3,(H,23,25)/t16-/m0/s1. The van der Waals surface area contributed by atoms with Crippen molar-refractivity contribution < 1.29 is 22.7 Å². The number of benzene rings is 2. The van der Waals surface area contributed by atoms with Crippen molar-refractivity contribution in [3.63, 3.8) is 0 Å². The van der Waals surface area contributed by atoms with Crippen molar-refractivity contribution in [2.24, 2.45) is 0 Å². The Bertz CT molecular complexity index is 995. The van der Waals surface area contributed by atoms with E-state index >= 15 is 0 Å². The second-order valence-electron chi connectivity index (χ2n) is 7.04. The summed E-state index contributed by atoms with van der Waals surface area (Å²) in [7, 11) is -0.694. The third-order valence-corrected chi connectivity index (χ3v) is 7.30. The number of halogens is 1. The predicted molar refractivity (Wildman–Crippen MR) is 116 cm³/mol. The van der Waals surface area contributed by atoms with E-state index in [1.165, 1.54) is 30.7 Å². The highest BCUT2D eigenvalue weighted by molar-refractivity contribution is 7.89. The Kier molecular flexibility index (Phi) is 7.23. The summed E-state index contributed by atoms with van der Waals surface area (Å²) in [5, 5.41) is 3.26. The van der Waals surface area contributed by atoms with Crippen molar-refractivity contribution >= 4 is 33.2 Å². The molecule has 1 saturated heterocycles. The van der Waals surface area contributed by atoms with E-state index in [9.17, 15) is 13.2 Å². The maximum absolute atomic E-state index is 13.2. The molecule has 1 heterocycles. The highest BCUT2D eigenvalue weighted by Crippen LogP contribution is 2.30. The van der Waals surface area contributed by atoms with Crippen LogP contribution in [0.15, 0.2) is 47.4 Å². The van der Waals surface area contributed by atoms with E-state index in [0.29, 0.717) is 35.2 Å². The maximum Gasteiger partial charge on any atom is 0.243 e. The van der Waals surface area contributed by atoms with Crippen LogP contribution in [0, 0.1) is 0 Å². The molecule has 0 bridgehead atoms. The number of nitrogens with one attached hydrogen (secondary N) is 1. The van der Waals surface area contributed by atoms with Crippen LogP contribution in [0.1, 0.15) is 25.7 Å². The molecule has 1 aliphatic rings. The Morgan fingerprint density at radius 1 is 1.13 bits per heavy atom. The molecule has 1 amide bonds. The molecule has 30 heavy (non-hydrogen) atoms. The summed E-state index contributed by atoms with van der Waals surface area (Å²) in [4.78, 5) is 12.9. The SMILES string of the molecule is COc1ccc(S(=O)(=O)N2CCCC[C@H]2CC(=O)Nc2cc(Cl)ccc2OC)cc1. The van der Waals surface area contributed by atoms with Crippen LogP contribution in [-0.4, -0.2) is 45.4 Å². The van der Waals surface area contributed by atoms with Gasteiger partial charge in [-0.05, 0) is 55.3 Å². The summed E-state index contributed by atoms with van der Waals surface area (Å²) in [6, 6.07) is 10.8. The average Bonchev–Trinajstić information content (AvgIpc) is 2.74. The fourth-order valence-electron chi connectivity index (χ4n) is 3.57. The number of hydrogen-bond acceptors (Lipinski definition) is 5. The minimum atomic E-state index is -3.72. The second-order valence-corrected chi connectivity index (χ2v) is 9.36. The van der Waals surface area contributed by atoms with Gasteiger partial charge in [-0.15, -0.1) is 0 Å². The van der Waals surface area contributed by atoms with Crippen LogP contribution in [0.2, 0.25) is 5.02 Å². The van der Waals surface area contributed by atoms with Crippen molar-refractivity contribution in [3.05, 3.63) is 47.5 Å². The lowest BCUT2D eigenvalue weighted by molar-refractivity contribution is -0.117. The zero-order chi connectivity index (χ0) is 21.7. The van der Waals surface area contributed by atoms with E-state index in [4.69, 9.17) is 21.1 Å². The number of nitrogens with zero attached hydrogens (tertiary/aromatic N) is 1. The molecule has 7 nitrogen and oxygen atoms in total. The van der Waals surface area contributed by atoms with E-state index in [1.54, 1.807) is 30.3 Å². The lowest BCUT2D eigenvalue weighted by Gasteiger charge is -2.34. The molecule has 0 saturated carbocycles. The van der Waals surface area contributed by atoms with Crippen LogP contribution >= 0.6 is 11.6 Å². The van der Waals surface area contributed by atoms with Gasteiger partial charge >= 0.3 is 0 Å². The molecular weight excluding hydrogens is 428 g/mol. The van der Waals surface area contributed by atoms with E-state index in [1.807, 2.05) is 0 Å². The number of amides is 1. The summed E-state index contributed by atoms with van der Waals surface area (Å²) < 4.78 is 38.2. The summed E-state index contributed by atoms with van der Waals surface area (Å²) in [5.41, 5.74) is 0.454. The molecule has 0 aliphatic carbocycles. The normalized spacial score (nSPS) is 17.4. The van der Waals surface area contributed by atoms with Gasteiger partial charge in [0, 0.05) is 24.0 Å². The number of piperidine rings is 1. The van der Waals surface area contributed by atoms with Gasteiger partial charge in [-0.2, -0.15) is 4.31 Å². The number of sulfonamides is 1. The molecule has 2 aromatic carbocycles. The topological polar surface area (TPSA) is 84.9 Å². The number of anilines is 1. The Morgan fingerprint density at radius 2 is 1.87 bits per heavy atom. The molecule has 2 aromatic rings. The van der Waals surface area contributed by atoms with Crippen molar-refractivity contribution in [2.75, 3.05) is 26.1 Å². The third kappa shape index (κ3) is 5.06. The number of carbonyl (C=O) groups is 1. The highest BCUT2D eigenvalue weighted by atomic mass is 35.5. The molecule has 0 unspecified atom stereocenters. The Labute approximate surface area is 182 Å². The predicted octanol–water partition coefficient (Wildman–Crippen LogP) is 3.93. The van der Waals surface area contributed by atoms with E-state index in [-0.39, 0.29) is 17.2 Å².